The summed E-state index contributed by atoms with van der Waals surface area (Å²) in [6.45, 7) is 3.26. The van der Waals surface area contributed by atoms with E-state index in [1.165, 1.54) is 18.4 Å². The summed E-state index contributed by atoms with van der Waals surface area (Å²) in [7, 11) is 0. The SMILES string of the molecule is O=c1[nH]nc2c3c(cccc13)N=C1C=CC(CN3CCCC3)=CN12. The maximum absolute atomic E-state index is 12.1. The molecule has 0 bridgehead atoms. The molecular weight excluding hydrogens is 302 g/mol. The Balaban J connectivity index is 1.62. The Labute approximate surface area is 138 Å². The number of nitrogens with one attached hydrogen (secondary N) is 1. The number of aromatic amines is 1. The van der Waals surface area contributed by atoms with Gasteiger partial charge in [-0.2, -0.15) is 5.10 Å². The van der Waals surface area contributed by atoms with Crippen molar-refractivity contribution in [1.82, 2.24) is 15.1 Å². The van der Waals surface area contributed by atoms with Crippen LogP contribution in [0.2, 0.25) is 0 Å². The first-order valence-corrected chi connectivity index (χ1v) is 8.30. The van der Waals surface area contributed by atoms with Gasteiger partial charge in [0.25, 0.3) is 5.56 Å². The molecule has 6 nitrogen and oxygen atoms in total. The number of amidine groups is 1. The quantitative estimate of drug-likeness (QED) is 0.922. The molecular formula is C18H17N5O. The van der Waals surface area contributed by atoms with Crippen molar-refractivity contribution in [2.45, 2.75) is 12.8 Å². The molecule has 0 aliphatic carbocycles. The molecule has 1 fully saturated rings. The number of aromatic nitrogens is 2. The first kappa shape index (κ1) is 13.7. The minimum absolute atomic E-state index is 0.178. The molecule has 4 heterocycles. The first-order valence-electron chi connectivity index (χ1n) is 8.30. The topological polar surface area (TPSA) is 64.6 Å². The Bertz CT molecular complexity index is 979. The van der Waals surface area contributed by atoms with Crippen LogP contribution in [-0.2, 0) is 0 Å². The van der Waals surface area contributed by atoms with E-state index in [4.69, 9.17) is 4.99 Å². The van der Waals surface area contributed by atoms with Crippen LogP contribution in [0.4, 0.5) is 11.5 Å². The first-order chi connectivity index (χ1) is 11.8. The highest BCUT2D eigenvalue weighted by molar-refractivity contribution is 6.18. The van der Waals surface area contributed by atoms with E-state index in [0.29, 0.717) is 5.39 Å². The highest BCUT2D eigenvalue weighted by Gasteiger charge is 2.25. The predicted molar refractivity (Wildman–Crippen MR) is 94.8 cm³/mol. The maximum atomic E-state index is 12.1. The van der Waals surface area contributed by atoms with Crippen molar-refractivity contribution in [2.75, 3.05) is 24.5 Å². The van der Waals surface area contributed by atoms with Crippen molar-refractivity contribution in [3.05, 3.63) is 52.5 Å². The van der Waals surface area contributed by atoms with Gasteiger partial charge in [-0.25, -0.2) is 10.1 Å². The van der Waals surface area contributed by atoms with Gasteiger partial charge in [0.05, 0.1) is 16.5 Å². The van der Waals surface area contributed by atoms with Crippen molar-refractivity contribution in [1.29, 1.82) is 0 Å². The van der Waals surface area contributed by atoms with E-state index in [-0.39, 0.29) is 5.56 Å². The smallest absolute Gasteiger partial charge is 0.272 e. The second-order valence-corrected chi connectivity index (χ2v) is 6.44. The maximum Gasteiger partial charge on any atom is 0.272 e. The van der Waals surface area contributed by atoms with Crippen LogP contribution < -0.4 is 10.5 Å². The van der Waals surface area contributed by atoms with E-state index in [1.54, 1.807) is 0 Å². The van der Waals surface area contributed by atoms with Crippen LogP contribution in [0, 0.1) is 0 Å². The normalized spacial score (nSPS) is 19.4. The van der Waals surface area contributed by atoms with Gasteiger partial charge in [0.1, 0.15) is 5.84 Å². The Kier molecular flexibility index (Phi) is 2.93. The van der Waals surface area contributed by atoms with Gasteiger partial charge < -0.3 is 0 Å². The second kappa shape index (κ2) is 5.14. The summed E-state index contributed by atoms with van der Waals surface area (Å²) in [5.74, 6) is 1.58. The minimum atomic E-state index is -0.178. The second-order valence-electron chi connectivity index (χ2n) is 6.44. The summed E-state index contributed by atoms with van der Waals surface area (Å²) in [5.41, 5.74) is 1.85. The number of benzene rings is 1. The summed E-state index contributed by atoms with van der Waals surface area (Å²) in [4.78, 5) is 21.2. The molecule has 1 N–H and O–H groups in total. The number of nitrogens with zero attached hydrogens (tertiary/aromatic N) is 4. The number of aliphatic imine (C=N–C) groups is 1. The lowest BCUT2D eigenvalue weighted by molar-refractivity contribution is 0.371. The molecule has 0 spiro atoms. The number of H-pyrrole nitrogens is 1. The zero-order chi connectivity index (χ0) is 16.1. The Morgan fingerprint density at radius 2 is 2.04 bits per heavy atom. The molecule has 3 aliphatic rings. The van der Waals surface area contributed by atoms with E-state index in [0.717, 1.165) is 42.4 Å². The van der Waals surface area contributed by atoms with Crippen LogP contribution in [0.3, 0.4) is 0 Å². The highest BCUT2D eigenvalue weighted by atomic mass is 16.1. The molecule has 0 atom stereocenters. The van der Waals surface area contributed by atoms with Crippen molar-refractivity contribution in [2.24, 2.45) is 4.99 Å². The van der Waals surface area contributed by atoms with Gasteiger partial charge in [0.15, 0.2) is 5.82 Å². The van der Waals surface area contributed by atoms with E-state index in [9.17, 15) is 4.79 Å². The number of hydrogen-bond acceptors (Lipinski definition) is 5. The third kappa shape index (κ3) is 2.03. The number of likely N-dealkylation sites (tertiary alicyclic amines) is 1. The van der Waals surface area contributed by atoms with Gasteiger partial charge in [-0.3, -0.25) is 14.6 Å². The van der Waals surface area contributed by atoms with Gasteiger partial charge in [-0.1, -0.05) is 12.1 Å². The Morgan fingerprint density at radius 3 is 2.92 bits per heavy atom. The van der Waals surface area contributed by atoms with Crippen molar-refractivity contribution < 1.29 is 0 Å². The van der Waals surface area contributed by atoms with Gasteiger partial charge >= 0.3 is 0 Å². The monoisotopic (exact) mass is 319 g/mol. The molecule has 0 saturated carbocycles. The standard InChI is InChI=1S/C18H17N5O/c24-18-13-4-3-5-14-16(13)17(20-21-18)23-11-12(6-7-15(23)19-14)10-22-8-1-2-9-22/h3-7,11H,1-2,8-10H2,(H,21,24). The highest BCUT2D eigenvalue weighted by Crippen LogP contribution is 2.37. The van der Waals surface area contributed by atoms with Crippen LogP contribution in [0.15, 0.2) is 51.9 Å². The molecule has 6 heteroatoms. The van der Waals surface area contributed by atoms with Crippen molar-refractivity contribution >= 4 is 28.1 Å². The Hall–Kier alpha value is -2.73. The van der Waals surface area contributed by atoms with Crippen LogP contribution >= 0.6 is 0 Å². The molecule has 1 saturated heterocycles. The van der Waals surface area contributed by atoms with Crippen molar-refractivity contribution in [3.8, 4) is 0 Å². The fourth-order valence-corrected chi connectivity index (χ4v) is 3.67. The third-order valence-corrected chi connectivity index (χ3v) is 4.83. The molecule has 5 rings (SSSR count). The molecule has 0 radical (unpaired) electrons. The summed E-state index contributed by atoms with van der Waals surface area (Å²) in [5, 5.41) is 8.36. The van der Waals surface area contributed by atoms with Crippen LogP contribution in [-0.4, -0.2) is 40.6 Å². The van der Waals surface area contributed by atoms with Crippen LogP contribution in [0.1, 0.15) is 12.8 Å². The van der Waals surface area contributed by atoms with E-state index in [2.05, 4.69) is 27.4 Å². The predicted octanol–water partition coefficient (Wildman–Crippen LogP) is 2.32. The lowest BCUT2D eigenvalue weighted by atomic mass is 10.1. The fraction of sp³-hybridized carbons (Fsp3) is 0.278. The van der Waals surface area contributed by atoms with Crippen LogP contribution in [0.5, 0.6) is 0 Å². The molecule has 3 aliphatic heterocycles. The Morgan fingerprint density at radius 1 is 1.17 bits per heavy atom. The van der Waals surface area contributed by atoms with Gasteiger partial charge in [-0.15, -0.1) is 0 Å². The molecule has 120 valence electrons. The summed E-state index contributed by atoms with van der Waals surface area (Å²) in [6, 6.07) is 5.60. The average molecular weight is 319 g/mol. The molecule has 2 aromatic rings. The molecule has 1 aromatic carbocycles. The summed E-state index contributed by atoms with van der Waals surface area (Å²) in [6.07, 6.45) is 8.81. The average Bonchev–Trinajstić information content (AvgIpc) is 3.11. The number of fused-ring (bicyclic) bond motifs is 2. The lowest BCUT2D eigenvalue weighted by Crippen LogP contribution is -2.32. The largest absolute Gasteiger partial charge is 0.299 e. The number of rotatable bonds is 2. The lowest BCUT2D eigenvalue weighted by Gasteiger charge is -2.29. The zero-order valence-corrected chi connectivity index (χ0v) is 13.2. The van der Waals surface area contributed by atoms with E-state index >= 15 is 0 Å². The van der Waals surface area contributed by atoms with Gasteiger partial charge in [-0.05, 0) is 49.7 Å². The van der Waals surface area contributed by atoms with Gasteiger partial charge in [0.2, 0.25) is 0 Å². The summed E-state index contributed by atoms with van der Waals surface area (Å²) >= 11 is 0. The van der Waals surface area contributed by atoms with Crippen LogP contribution in [0.25, 0.3) is 10.8 Å². The minimum Gasteiger partial charge on any atom is -0.299 e. The van der Waals surface area contributed by atoms with Crippen molar-refractivity contribution in [3.63, 3.8) is 0 Å². The molecule has 0 unspecified atom stereocenters. The molecule has 0 amide bonds. The van der Waals surface area contributed by atoms with E-state index in [1.807, 2.05) is 29.2 Å². The molecule has 1 aromatic heterocycles. The third-order valence-electron chi connectivity index (χ3n) is 4.83. The summed E-state index contributed by atoms with van der Waals surface area (Å²) < 4.78 is 0. The zero-order valence-electron chi connectivity index (χ0n) is 13.2. The number of hydrogen-bond donors (Lipinski definition) is 1. The fourth-order valence-electron chi connectivity index (χ4n) is 3.67. The molecule has 24 heavy (non-hydrogen) atoms. The van der Waals surface area contributed by atoms with Gasteiger partial charge in [0, 0.05) is 12.7 Å². The van der Waals surface area contributed by atoms with E-state index < -0.39 is 0 Å². The number of anilines is 1.